The molecule has 0 bridgehead atoms. The minimum absolute atomic E-state index is 0.584. The zero-order chi connectivity index (χ0) is 12.4. The third kappa shape index (κ3) is 2.26. The highest BCUT2D eigenvalue weighted by atomic mass is 32.1. The molecule has 90 valence electrons. The second kappa shape index (κ2) is 4.62. The Balaban J connectivity index is 1.82. The molecule has 2 aromatic heterocycles. The molecule has 0 radical (unpaired) electrons. The van der Waals surface area contributed by atoms with Gasteiger partial charge in [0.2, 0.25) is 0 Å². The van der Waals surface area contributed by atoms with Crippen LogP contribution in [0, 0.1) is 0 Å². The minimum atomic E-state index is 0.584. The molecule has 1 aromatic carbocycles. The molecule has 0 unspecified atom stereocenters. The molecule has 0 atom stereocenters. The highest BCUT2D eigenvalue weighted by Crippen LogP contribution is 2.26. The fraction of sp³-hybridized carbons (Fsp3) is 0.0769. The lowest BCUT2D eigenvalue weighted by Crippen LogP contribution is -1.98. The van der Waals surface area contributed by atoms with E-state index >= 15 is 0 Å². The number of hydrogen-bond donors (Lipinski definition) is 1. The molecule has 0 fully saturated rings. The summed E-state index contributed by atoms with van der Waals surface area (Å²) in [5.41, 5.74) is 7.91. The first kappa shape index (κ1) is 11.0. The highest BCUT2D eigenvalue weighted by Gasteiger charge is 2.05. The fourth-order valence-electron chi connectivity index (χ4n) is 1.77. The molecule has 0 aliphatic heterocycles. The van der Waals surface area contributed by atoms with E-state index in [0.29, 0.717) is 5.13 Å². The Morgan fingerprint density at radius 2 is 2.00 bits per heavy atom. The van der Waals surface area contributed by atoms with E-state index < -0.39 is 0 Å². The number of thiazole rings is 1. The Morgan fingerprint density at radius 3 is 2.72 bits per heavy atom. The summed E-state index contributed by atoms with van der Waals surface area (Å²) in [4.78, 5) is 5.09. The summed E-state index contributed by atoms with van der Waals surface area (Å²) in [5.74, 6) is 0. The molecule has 5 heteroatoms. The van der Waals surface area contributed by atoms with Crippen molar-refractivity contribution in [2.45, 2.75) is 6.54 Å². The third-order valence-corrected chi connectivity index (χ3v) is 3.50. The zero-order valence-corrected chi connectivity index (χ0v) is 10.5. The minimum Gasteiger partial charge on any atom is -0.375 e. The van der Waals surface area contributed by atoms with Gasteiger partial charge in [-0.1, -0.05) is 41.7 Å². The summed E-state index contributed by atoms with van der Waals surface area (Å²) in [5, 5.41) is 4.94. The van der Waals surface area contributed by atoms with Crippen LogP contribution in [0.1, 0.15) is 5.56 Å². The van der Waals surface area contributed by atoms with Crippen molar-refractivity contribution in [2.24, 2.45) is 0 Å². The van der Waals surface area contributed by atoms with Gasteiger partial charge in [0.15, 0.2) is 5.13 Å². The van der Waals surface area contributed by atoms with Gasteiger partial charge in [-0.25, -0.2) is 4.98 Å². The van der Waals surface area contributed by atoms with Crippen molar-refractivity contribution in [2.75, 3.05) is 5.73 Å². The van der Waals surface area contributed by atoms with Crippen molar-refractivity contribution in [3.63, 3.8) is 0 Å². The molecule has 2 N–H and O–H groups in total. The van der Waals surface area contributed by atoms with Crippen LogP contribution < -0.4 is 5.73 Å². The number of nitrogen functional groups attached to an aromatic ring is 1. The SMILES string of the molecule is Nc1ncc(-c2cnn(Cc3ccccc3)c2)s1. The molecular weight excluding hydrogens is 244 g/mol. The second-order valence-electron chi connectivity index (χ2n) is 3.97. The molecule has 2 heterocycles. The smallest absolute Gasteiger partial charge is 0.180 e. The molecule has 0 saturated heterocycles. The number of nitrogens with two attached hydrogens (primary N) is 1. The van der Waals surface area contributed by atoms with Gasteiger partial charge in [0, 0.05) is 18.0 Å². The van der Waals surface area contributed by atoms with E-state index in [2.05, 4.69) is 22.2 Å². The number of aromatic nitrogens is 3. The van der Waals surface area contributed by atoms with Gasteiger partial charge in [0.05, 0.1) is 17.6 Å². The van der Waals surface area contributed by atoms with Crippen LogP contribution in [-0.2, 0) is 6.54 Å². The molecule has 0 saturated carbocycles. The summed E-state index contributed by atoms with van der Waals surface area (Å²) >= 11 is 1.47. The standard InChI is InChI=1S/C13H12N4S/c14-13-15-7-12(18-13)11-6-16-17(9-11)8-10-4-2-1-3-5-10/h1-7,9H,8H2,(H2,14,15). The Labute approximate surface area is 109 Å². The quantitative estimate of drug-likeness (QED) is 0.783. The van der Waals surface area contributed by atoms with Crippen LogP contribution in [0.15, 0.2) is 48.9 Å². The Hall–Kier alpha value is -2.14. The van der Waals surface area contributed by atoms with Gasteiger partial charge in [-0.3, -0.25) is 4.68 Å². The third-order valence-electron chi connectivity index (χ3n) is 2.63. The van der Waals surface area contributed by atoms with E-state index in [1.807, 2.05) is 35.3 Å². The van der Waals surface area contributed by atoms with Crippen LogP contribution >= 0.6 is 11.3 Å². The zero-order valence-electron chi connectivity index (χ0n) is 9.65. The first-order valence-corrected chi connectivity index (χ1v) is 6.41. The number of anilines is 1. The van der Waals surface area contributed by atoms with E-state index in [-0.39, 0.29) is 0 Å². The first-order chi connectivity index (χ1) is 8.81. The monoisotopic (exact) mass is 256 g/mol. The predicted octanol–water partition coefficient (Wildman–Crippen LogP) is 2.64. The van der Waals surface area contributed by atoms with Gasteiger partial charge in [0.1, 0.15) is 0 Å². The van der Waals surface area contributed by atoms with Gasteiger partial charge in [-0.05, 0) is 5.56 Å². The van der Waals surface area contributed by atoms with Crippen molar-refractivity contribution in [3.05, 3.63) is 54.5 Å². The van der Waals surface area contributed by atoms with Crippen LogP contribution in [0.3, 0.4) is 0 Å². The average molecular weight is 256 g/mol. The maximum absolute atomic E-state index is 5.63. The summed E-state index contributed by atoms with van der Waals surface area (Å²) in [6, 6.07) is 10.3. The molecular formula is C13H12N4S. The van der Waals surface area contributed by atoms with Crippen LogP contribution in [0.2, 0.25) is 0 Å². The fourth-order valence-corrected chi connectivity index (χ4v) is 2.43. The van der Waals surface area contributed by atoms with Crippen molar-refractivity contribution in [1.29, 1.82) is 0 Å². The first-order valence-electron chi connectivity index (χ1n) is 5.59. The molecule has 18 heavy (non-hydrogen) atoms. The Bertz CT molecular complexity index is 642. The highest BCUT2D eigenvalue weighted by molar-refractivity contribution is 7.18. The molecule has 3 rings (SSSR count). The molecule has 0 spiro atoms. The summed E-state index contributed by atoms with van der Waals surface area (Å²) < 4.78 is 1.92. The van der Waals surface area contributed by atoms with E-state index in [4.69, 9.17) is 5.73 Å². The normalized spacial score (nSPS) is 10.7. The maximum Gasteiger partial charge on any atom is 0.180 e. The van der Waals surface area contributed by atoms with E-state index in [9.17, 15) is 0 Å². The van der Waals surface area contributed by atoms with Crippen LogP contribution in [-0.4, -0.2) is 14.8 Å². The van der Waals surface area contributed by atoms with Crippen molar-refractivity contribution >= 4 is 16.5 Å². The van der Waals surface area contributed by atoms with Gasteiger partial charge in [-0.2, -0.15) is 5.10 Å². The summed E-state index contributed by atoms with van der Waals surface area (Å²) in [6.07, 6.45) is 5.64. The van der Waals surface area contributed by atoms with E-state index in [0.717, 1.165) is 17.0 Å². The molecule has 4 nitrogen and oxygen atoms in total. The van der Waals surface area contributed by atoms with E-state index in [1.54, 1.807) is 6.20 Å². The summed E-state index contributed by atoms with van der Waals surface area (Å²) in [7, 11) is 0. The van der Waals surface area contributed by atoms with Crippen molar-refractivity contribution in [3.8, 4) is 10.4 Å². The van der Waals surface area contributed by atoms with Crippen LogP contribution in [0.5, 0.6) is 0 Å². The van der Waals surface area contributed by atoms with E-state index in [1.165, 1.54) is 16.9 Å². The topological polar surface area (TPSA) is 56.7 Å². The molecule has 0 aliphatic rings. The maximum atomic E-state index is 5.63. The lowest BCUT2D eigenvalue weighted by Gasteiger charge is -2.00. The van der Waals surface area contributed by atoms with Gasteiger partial charge in [0.25, 0.3) is 0 Å². The Morgan fingerprint density at radius 1 is 1.17 bits per heavy atom. The molecule has 0 aliphatic carbocycles. The van der Waals surface area contributed by atoms with Crippen molar-refractivity contribution in [1.82, 2.24) is 14.8 Å². The van der Waals surface area contributed by atoms with Gasteiger partial charge in [-0.15, -0.1) is 0 Å². The lowest BCUT2D eigenvalue weighted by molar-refractivity contribution is 0.687. The number of benzene rings is 1. The number of rotatable bonds is 3. The largest absolute Gasteiger partial charge is 0.375 e. The van der Waals surface area contributed by atoms with Gasteiger partial charge < -0.3 is 5.73 Å². The molecule has 3 aromatic rings. The Kier molecular flexibility index (Phi) is 2.82. The van der Waals surface area contributed by atoms with Crippen LogP contribution in [0.4, 0.5) is 5.13 Å². The average Bonchev–Trinajstić information content (AvgIpc) is 2.99. The second-order valence-corrected chi connectivity index (χ2v) is 5.04. The van der Waals surface area contributed by atoms with Crippen molar-refractivity contribution < 1.29 is 0 Å². The van der Waals surface area contributed by atoms with Gasteiger partial charge >= 0.3 is 0 Å². The summed E-state index contributed by atoms with van der Waals surface area (Å²) in [6.45, 7) is 0.773. The molecule has 0 amide bonds. The van der Waals surface area contributed by atoms with Crippen LogP contribution in [0.25, 0.3) is 10.4 Å². The predicted molar refractivity (Wildman–Crippen MR) is 73.3 cm³/mol. The number of hydrogen-bond acceptors (Lipinski definition) is 4. The lowest BCUT2D eigenvalue weighted by atomic mass is 10.2. The number of nitrogens with zero attached hydrogens (tertiary/aromatic N) is 3.